The zero-order valence-electron chi connectivity index (χ0n) is 13.7. The van der Waals surface area contributed by atoms with Crippen LogP contribution in [0.25, 0.3) is 6.08 Å². The molecule has 0 spiro atoms. The lowest BCUT2D eigenvalue weighted by Gasteiger charge is -2.12. The zero-order valence-corrected chi connectivity index (χ0v) is 13.7. The summed E-state index contributed by atoms with van der Waals surface area (Å²) in [5, 5.41) is 15.9. The Labute approximate surface area is 143 Å². The summed E-state index contributed by atoms with van der Waals surface area (Å²) in [6.45, 7) is 3.57. The number of furan rings is 1. The first-order valence-electron chi connectivity index (χ1n) is 7.48. The third-order valence-corrected chi connectivity index (χ3v) is 3.07. The van der Waals surface area contributed by atoms with Crippen LogP contribution in [-0.4, -0.2) is 22.8 Å². The summed E-state index contributed by atoms with van der Waals surface area (Å²) < 4.78 is 5.00. The molecule has 1 heterocycles. The zero-order chi connectivity index (χ0) is 18.4. The molecule has 8 nitrogen and oxygen atoms in total. The van der Waals surface area contributed by atoms with Crippen LogP contribution in [-0.2, 0) is 4.79 Å². The second kappa shape index (κ2) is 7.91. The van der Waals surface area contributed by atoms with E-state index in [9.17, 15) is 19.7 Å². The van der Waals surface area contributed by atoms with Gasteiger partial charge in [-0.05, 0) is 49.8 Å². The van der Waals surface area contributed by atoms with Gasteiger partial charge in [0.15, 0.2) is 5.76 Å². The highest BCUT2D eigenvalue weighted by molar-refractivity contribution is 6.04. The maximum atomic E-state index is 12.3. The highest BCUT2D eigenvalue weighted by atomic mass is 16.6. The smallest absolute Gasteiger partial charge is 0.291 e. The van der Waals surface area contributed by atoms with Gasteiger partial charge in [-0.1, -0.05) is 0 Å². The monoisotopic (exact) mass is 343 g/mol. The van der Waals surface area contributed by atoms with E-state index < -0.39 is 16.7 Å². The van der Waals surface area contributed by atoms with Gasteiger partial charge in [-0.15, -0.1) is 0 Å². The highest BCUT2D eigenvalue weighted by Crippen LogP contribution is 2.14. The normalized spacial score (nSPS) is 11.2. The van der Waals surface area contributed by atoms with Crippen molar-refractivity contribution in [2.45, 2.75) is 19.9 Å². The fourth-order valence-electron chi connectivity index (χ4n) is 1.95. The summed E-state index contributed by atoms with van der Waals surface area (Å²) >= 11 is 0. The van der Waals surface area contributed by atoms with Gasteiger partial charge in [-0.3, -0.25) is 19.7 Å². The molecule has 0 radical (unpaired) electrons. The van der Waals surface area contributed by atoms with Gasteiger partial charge in [0.05, 0.1) is 11.2 Å². The SMILES string of the molecule is CC(C)NC(=O)/C(=C/c1ccc([N+](=O)[O-])cc1)NC(=O)c1ccco1. The number of nitro benzene ring substituents is 1. The Bertz CT molecular complexity index is 792. The number of nitro groups is 1. The first-order chi connectivity index (χ1) is 11.9. The molecule has 0 aliphatic rings. The molecule has 0 aliphatic heterocycles. The number of nitrogens with zero attached hydrogens (tertiary/aromatic N) is 1. The van der Waals surface area contributed by atoms with Crippen molar-refractivity contribution in [2.24, 2.45) is 0 Å². The van der Waals surface area contributed by atoms with Gasteiger partial charge in [-0.25, -0.2) is 0 Å². The molecule has 0 aliphatic carbocycles. The van der Waals surface area contributed by atoms with E-state index in [2.05, 4.69) is 10.6 Å². The van der Waals surface area contributed by atoms with Crippen molar-refractivity contribution in [1.29, 1.82) is 0 Å². The molecule has 0 unspecified atom stereocenters. The van der Waals surface area contributed by atoms with Crippen molar-refractivity contribution in [2.75, 3.05) is 0 Å². The summed E-state index contributed by atoms with van der Waals surface area (Å²) in [6.07, 6.45) is 2.78. The molecular weight excluding hydrogens is 326 g/mol. The van der Waals surface area contributed by atoms with Crippen molar-refractivity contribution < 1.29 is 18.9 Å². The Kier molecular flexibility index (Phi) is 5.67. The van der Waals surface area contributed by atoms with Crippen LogP contribution < -0.4 is 10.6 Å². The van der Waals surface area contributed by atoms with Gasteiger partial charge in [0, 0.05) is 18.2 Å². The molecule has 25 heavy (non-hydrogen) atoms. The second-order valence-corrected chi connectivity index (χ2v) is 5.47. The predicted molar refractivity (Wildman–Crippen MR) is 90.5 cm³/mol. The summed E-state index contributed by atoms with van der Waals surface area (Å²) in [5.74, 6) is -0.989. The molecule has 2 aromatic rings. The minimum atomic E-state index is -0.572. The van der Waals surface area contributed by atoms with Crippen LogP contribution in [0.15, 0.2) is 52.8 Å². The van der Waals surface area contributed by atoms with Crippen molar-refractivity contribution in [3.8, 4) is 0 Å². The van der Waals surface area contributed by atoms with Gasteiger partial charge in [-0.2, -0.15) is 0 Å². The van der Waals surface area contributed by atoms with Crippen molar-refractivity contribution in [1.82, 2.24) is 10.6 Å². The standard InChI is InChI=1S/C17H17N3O5/c1-11(2)18-16(21)14(19-17(22)15-4-3-9-25-15)10-12-5-7-13(8-6-12)20(23)24/h3-11H,1-2H3,(H,18,21)(H,19,22)/b14-10-. The number of rotatable bonds is 6. The molecule has 1 aromatic carbocycles. The number of hydrogen-bond acceptors (Lipinski definition) is 5. The van der Waals surface area contributed by atoms with E-state index in [4.69, 9.17) is 4.42 Å². The van der Waals surface area contributed by atoms with E-state index in [-0.39, 0.29) is 23.2 Å². The topological polar surface area (TPSA) is 114 Å². The lowest BCUT2D eigenvalue weighted by atomic mass is 10.1. The first kappa shape index (κ1) is 17.9. The molecule has 0 fully saturated rings. The average Bonchev–Trinajstić information content (AvgIpc) is 3.08. The Morgan fingerprint density at radius 1 is 1.20 bits per heavy atom. The van der Waals surface area contributed by atoms with Gasteiger partial charge < -0.3 is 15.1 Å². The second-order valence-electron chi connectivity index (χ2n) is 5.47. The lowest BCUT2D eigenvalue weighted by Crippen LogP contribution is -2.38. The number of carbonyl (C=O) groups excluding carboxylic acids is 2. The van der Waals surface area contributed by atoms with E-state index in [1.165, 1.54) is 42.7 Å². The number of non-ortho nitro benzene ring substituents is 1. The number of carbonyl (C=O) groups is 2. The van der Waals surface area contributed by atoms with Crippen molar-refractivity contribution in [3.05, 3.63) is 69.8 Å². The molecule has 0 saturated carbocycles. The van der Waals surface area contributed by atoms with Crippen molar-refractivity contribution in [3.63, 3.8) is 0 Å². The molecular formula is C17H17N3O5. The summed E-state index contributed by atoms with van der Waals surface area (Å²) in [4.78, 5) is 34.6. The Hall–Kier alpha value is -3.42. The minimum Gasteiger partial charge on any atom is -0.459 e. The number of amides is 2. The molecule has 0 saturated heterocycles. The van der Waals surface area contributed by atoms with Gasteiger partial charge in [0.1, 0.15) is 5.70 Å². The van der Waals surface area contributed by atoms with E-state index in [1.54, 1.807) is 19.9 Å². The largest absolute Gasteiger partial charge is 0.459 e. The van der Waals surface area contributed by atoms with Crippen molar-refractivity contribution >= 4 is 23.6 Å². The summed E-state index contributed by atoms with van der Waals surface area (Å²) in [6, 6.07) is 8.51. The van der Waals surface area contributed by atoms with E-state index in [0.29, 0.717) is 5.56 Å². The van der Waals surface area contributed by atoms with Crippen LogP contribution in [0.5, 0.6) is 0 Å². The van der Waals surface area contributed by atoms with Gasteiger partial charge in [0.2, 0.25) is 0 Å². The molecule has 0 atom stereocenters. The first-order valence-corrected chi connectivity index (χ1v) is 7.48. The maximum Gasteiger partial charge on any atom is 0.291 e. The maximum absolute atomic E-state index is 12.3. The molecule has 0 bridgehead atoms. The Morgan fingerprint density at radius 2 is 1.88 bits per heavy atom. The molecule has 2 rings (SSSR count). The molecule has 2 amide bonds. The summed E-state index contributed by atoms with van der Waals surface area (Å²) in [7, 11) is 0. The molecule has 130 valence electrons. The number of benzene rings is 1. The fraction of sp³-hybridized carbons (Fsp3) is 0.176. The highest BCUT2D eigenvalue weighted by Gasteiger charge is 2.17. The Morgan fingerprint density at radius 3 is 2.40 bits per heavy atom. The van der Waals surface area contributed by atoms with Gasteiger partial charge >= 0.3 is 0 Å². The van der Waals surface area contributed by atoms with Crippen LogP contribution in [0.1, 0.15) is 30.0 Å². The summed E-state index contributed by atoms with van der Waals surface area (Å²) in [5.41, 5.74) is 0.466. The Balaban J connectivity index is 2.27. The third kappa shape index (κ3) is 5.03. The van der Waals surface area contributed by atoms with E-state index >= 15 is 0 Å². The van der Waals surface area contributed by atoms with Gasteiger partial charge in [0.25, 0.3) is 17.5 Å². The van der Waals surface area contributed by atoms with E-state index in [1.807, 2.05) is 0 Å². The quantitative estimate of drug-likeness (QED) is 0.475. The fourth-order valence-corrected chi connectivity index (χ4v) is 1.95. The van der Waals surface area contributed by atoms with Crippen LogP contribution in [0.2, 0.25) is 0 Å². The van der Waals surface area contributed by atoms with Crippen LogP contribution in [0.4, 0.5) is 5.69 Å². The lowest BCUT2D eigenvalue weighted by molar-refractivity contribution is -0.384. The third-order valence-electron chi connectivity index (χ3n) is 3.07. The number of nitrogens with one attached hydrogen (secondary N) is 2. The number of hydrogen-bond donors (Lipinski definition) is 2. The predicted octanol–water partition coefficient (Wildman–Crippen LogP) is 2.48. The van der Waals surface area contributed by atoms with Crippen LogP contribution in [0.3, 0.4) is 0 Å². The molecule has 8 heteroatoms. The molecule has 2 N–H and O–H groups in total. The van der Waals surface area contributed by atoms with E-state index in [0.717, 1.165) is 0 Å². The van der Waals surface area contributed by atoms with Crippen LogP contribution >= 0.6 is 0 Å². The average molecular weight is 343 g/mol. The molecule has 1 aromatic heterocycles. The minimum absolute atomic E-state index is 0.00366. The van der Waals surface area contributed by atoms with Crippen LogP contribution in [0, 0.1) is 10.1 Å².